The van der Waals surface area contributed by atoms with Crippen molar-refractivity contribution in [1.29, 1.82) is 0 Å². The predicted molar refractivity (Wildman–Crippen MR) is 93.3 cm³/mol. The van der Waals surface area contributed by atoms with Gasteiger partial charge in [-0.05, 0) is 23.8 Å². The minimum atomic E-state index is -0.659. The van der Waals surface area contributed by atoms with Crippen LogP contribution in [0.15, 0.2) is 67.0 Å². The summed E-state index contributed by atoms with van der Waals surface area (Å²) in [6.45, 7) is 0. The smallest absolute Gasteiger partial charge is 0.347 e. The second kappa shape index (κ2) is 8.24. The Bertz CT molecular complexity index is 1010. The third kappa shape index (κ3) is 4.18. The van der Waals surface area contributed by atoms with Crippen LogP contribution in [0.4, 0.5) is 11.4 Å². The molecule has 0 atom stereocenters. The van der Waals surface area contributed by atoms with Crippen molar-refractivity contribution >= 4 is 11.4 Å². The summed E-state index contributed by atoms with van der Waals surface area (Å²) in [5, 5.41) is 22.2. The molecule has 0 spiro atoms. The molecular formula is C18H14ClN3O5. The Labute approximate surface area is 160 Å². The van der Waals surface area contributed by atoms with Crippen LogP contribution in [0.3, 0.4) is 0 Å². The molecule has 9 heteroatoms. The third-order valence-electron chi connectivity index (χ3n) is 3.85. The molecule has 0 saturated heterocycles. The highest BCUT2D eigenvalue weighted by molar-refractivity contribution is 5.63. The highest BCUT2D eigenvalue weighted by Crippen LogP contribution is 2.26. The number of nitro groups is 2. The highest BCUT2D eigenvalue weighted by Gasteiger charge is 2.26. The molecule has 2 aromatic carbocycles. The number of rotatable bonds is 5. The number of hydrogen-bond acceptors (Lipinski definition) is 5. The summed E-state index contributed by atoms with van der Waals surface area (Å²) >= 11 is 0. The van der Waals surface area contributed by atoms with E-state index in [1.165, 1.54) is 12.1 Å². The molecule has 8 nitrogen and oxygen atoms in total. The maximum Gasteiger partial charge on any atom is 0.347 e. The van der Waals surface area contributed by atoms with Crippen molar-refractivity contribution < 1.29 is 31.6 Å². The molecule has 1 aromatic heterocycles. The summed E-state index contributed by atoms with van der Waals surface area (Å²) in [6, 6.07) is 14.6. The predicted octanol–water partition coefficient (Wildman–Crippen LogP) is 0.459. The average Bonchev–Trinajstić information content (AvgIpc) is 2.67. The fraction of sp³-hybridized carbons (Fsp3) is 0.0556. The van der Waals surface area contributed by atoms with E-state index in [9.17, 15) is 20.2 Å². The summed E-state index contributed by atoms with van der Waals surface area (Å²) < 4.78 is 6.78. The van der Waals surface area contributed by atoms with Gasteiger partial charge in [0.15, 0.2) is 12.4 Å². The van der Waals surface area contributed by atoms with Crippen LogP contribution < -0.4 is 21.7 Å². The molecule has 0 unspecified atom stereocenters. The van der Waals surface area contributed by atoms with Gasteiger partial charge in [-0.15, -0.1) is 0 Å². The Morgan fingerprint density at radius 3 is 2.33 bits per heavy atom. The molecule has 0 fully saturated rings. The number of pyridine rings is 1. The zero-order chi connectivity index (χ0) is 18.7. The lowest BCUT2D eigenvalue weighted by Gasteiger charge is -2.04. The lowest BCUT2D eigenvalue weighted by molar-refractivity contribution is -0.600. The molecule has 138 valence electrons. The first kappa shape index (κ1) is 19.8. The van der Waals surface area contributed by atoms with E-state index < -0.39 is 9.85 Å². The molecule has 0 bridgehead atoms. The Balaban J connectivity index is 0.00000261. The van der Waals surface area contributed by atoms with E-state index in [2.05, 4.69) is 0 Å². The van der Waals surface area contributed by atoms with Gasteiger partial charge in [0.2, 0.25) is 0 Å². The minimum absolute atomic E-state index is 0. The van der Waals surface area contributed by atoms with Gasteiger partial charge in [0.05, 0.1) is 17.0 Å². The van der Waals surface area contributed by atoms with Gasteiger partial charge in [-0.1, -0.05) is 12.1 Å². The Morgan fingerprint density at radius 1 is 0.926 bits per heavy atom. The van der Waals surface area contributed by atoms with E-state index in [0.29, 0.717) is 5.75 Å². The highest BCUT2D eigenvalue weighted by atomic mass is 35.5. The van der Waals surface area contributed by atoms with Gasteiger partial charge in [-0.25, -0.2) is 0 Å². The molecule has 27 heavy (non-hydrogen) atoms. The van der Waals surface area contributed by atoms with E-state index >= 15 is 0 Å². The van der Waals surface area contributed by atoms with Crippen molar-refractivity contribution in [3.8, 4) is 22.6 Å². The summed E-state index contributed by atoms with van der Waals surface area (Å²) in [5.74, 6) is 0.694. The lowest BCUT2D eigenvalue weighted by Crippen LogP contribution is -3.00. The van der Waals surface area contributed by atoms with Crippen LogP contribution in [-0.4, -0.2) is 17.0 Å². The molecule has 0 aliphatic carbocycles. The molecule has 0 saturated carbocycles. The van der Waals surface area contributed by atoms with E-state index in [-0.39, 0.29) is 29.5 Å². The minimum Gasteiger partial charge on any atom is -1.00 e. The van der Waals surface area contributed by atoms with E-state index in [1.807, 2.05) is 30.3 Å². The van der Waals surface area contributed by atoms with Crippen LogP contribution in [0.1, 0.15) is 0 Å². The average molecular weight is 388 g/mol. The van der Waals surface area contributed by atoms with Gasteiger partial charge < -0.3 is 17.1 Å². The van der Waals surface area contributed by atoms with Gasteiger partial charge in [-0.2, -0.15) is 4.57 Å². The number of ether oxygens (including phenoxy) is 1. The fourth-order valence-electron chi connectivity index (χ4n) is 2.59. The zero-order valence-electron chi connectivity index (χ0n) is 14.1. The molecule has 0 aliphatic heterocycles. The van der Waals surface area contributed by atoms with E-state index in [4.69, 9.17) is 4.74 Å². The molecule has 0 amide bonds. The molecule has 3 rings (SSSR count). The molecule has 0 N–H and O–H groups in total. The fourth-order valence-corrected chi connectivity index (χ4v) is 2.59. The first-order valence-electron chi connectivity index (χ1n) is 7.58. The third-order valence-corrected chi connectivity index (χ3v) is 3.85. The van der Waals surface area contributed by atoms with Gasteiger partial charge in [0.1, 0.15) is 11.8 Å². The van der Waals surface area contributed by atoms with Gasteiger partial charge in [-0.3, -0.25) is 20.2 Å². The normalized spacial score (nSPS) is 9.96. The Morgan fingerprint density at radius 2 is 1.67 bits per heavy atom. The maximum atomic E-state index is 11.4. The standard InChI is InChI=1S/C18H14N3O5.ClH/c1-26-16-6-2-4-13(10-16)14-5-3-9-19(12-14)17-8-7-15(20(22)23)11-18(17)21(24)25;/h2-12H,1H3;1H/q+1;/p-1. The number of nitrogens with zero attached hydrogens (tertiary/aromatic N) is 3. The van der Waals surface area contributed by atoms with Crippen molar-refractivity contribution in [1.82, 2.24) is 0 Å². The summed E-state index contributed by atoms with van der Waals surface area (Å²) in [4.78, 5) is 21.0. The Kier molecular flexibility index (Phi) is 6.04. The van der Waals surface area contributed by atoms with E-state index in [1.54, 1.807) is 30.1 Å². The van der Waals surface area contributed by atoms with Gasteiger partial charge in [0, 0.05) is 23.8 Å². The molecule has 0 aliphatic rings. The number of benzene rings is 2. The van der Waals surface area contributed by atoms with Crippen molar-refractivity contribution in [2.24, 2.45) is 0 Å². The van der Waals surface area contributed by atoms with Crippen molar-refractivity contribution in [3.63, 3.8) is 0 Å². The first-order valence-corrected chi connectivity index (χ1v) is 7.58. The van der Waals surface area contributed by atoms with Crippen LogP contribution in [0.25, 0.3) is 16.8 Å². The number of aromatic nitrogens is 1. The van der Waals surface area contributed by atoms with Crippen molar-refractivity contribution in [2.45, 2.75) is 0 Å². The van der Waals surface area contributed by atoms with Gasteiger partial charge >= 0.3 is 5.69 Å². The number of halogens is 1. The van der Waals surface area contributed by atoms with Gasteiger partial charge in [0.25, 0.3) is 11.4 Å². The van der Waals surface area contributed by atoms with E-state index in [0.717, 1.165) is 17.2 Å². The number of non-ortho nitro benzene ring substituents is 1. The van der Waals surface area contributed by atoms with Crippen molar-refractivity contribution in [3.05, 3.63) is 87.2 Å². The second-order valence-corrected chi connectivity index (χ2v) is 5.42. The largest absolute Gasteiger partial charge is 1.00 e. The lowest BCUT2D eigenvalue weighted by atomic mass is 10.1. The summed E-state index contributed by atoms with van der Waals surface area (Å²) in [5.41, 5.74) is 1.27. The molecule has 0 radical (unpaired) electrons. The Hall–Kier alpha value is -3.52. The van der Waals surface area contributed by atoms with Crippen LogP contribution in [0.2, 0.25) is 0 Å². The topological polar surface area (TPSA) is 99.4 Å². The van der Waals surface area contributed by atoms with Crippen LogP contribution in [-0.2, 0) is 0 Å². The monoisotopic (exact) mass is 387 g/mol. The maximum absolute atomic E-state index is 11.4. The first-order chi connectivity index (χ1) is 12.5. The number of hydrogen-bond donors (Lipinski definition) is 0. The van der Waals surface area contributed by atoms with Crippen LogP contribution in [0.5, 0.6) is 5.75 Å². The summed E-state index contributed by atoms with van der Waals surface area (Å²) in [7, 11) is 1.57. The number of methoxy groups -OCH3 is 1. The summed E-state index contributed by atoms with van der Waals surface area (Å²) in [6.07, 6.45) is 3.38. The quantitative estimate of drug-likeness (QED) is 0.360. The van der Waals surface area contributed by atoms with Crippen LogP contribution >= 0.6 is 0 Å². The van der Waals surface area contributed by atoms with Crippen molar-refractivity contribution in [2.75, 3.05) is 7.11 Å². The molecule has 1 heterocycles. The number of nitro benzene ring substituents is 2. The second-order valence-electron chi connectivity index (χ2n) is 5.42. The zero-order valence-corrected chi connectivity index (χ0v) is 14.9. The molecule has 3 aromatic rings. The van der Waals surface area contributed by atoms with Crippen LogP contribution in [0, 0.1) is 20.2 Å². The molecular weight excluding hydrogens is 374 g/mol. The SMILES string of the molecule is COc1cccc(-c2ccc[n+](-c3ccc([N+](=O)[O-])cc3[N+](=O)[O-])c2)c1.[Cl-].